The molecule has 0 unspecified atom stereocenters. The first-order valence-electron chi connectivity index (χ1n) is 8.12. The summed E-state index contributed by atoms with van der Waals surface area (Å²) in [7, 11) is 0. The fourth-order valence-electron chi connectivity index (χ4n) is 2.83. The Morgan fingerprint density at radius 2 is 1.75 bits per heavy atom. The highest BCUT2D eigenvalue weighted by molar-refractivity contribution is 5.95. The van der Waals surface area contributed by atoms with Crippen LogP contribution in [0.15, 0.2) is 48.5 Å². The van der Waals surface area contributed by atoms with Gasteiger partial charge in [0.05, 0.1) is 5.41 Å². The molecule has 1 amide bonds. The molecule has 4 nitrogen and oxygen atoms in total. The summed E-state index contributed by atoms with van der Waals surface area (Å²) in [5.41, 5.74) is 3.27. The van der Waals surface area contributed by atoms with Crippen LogP contribution in [0.3, 0.4) is 0 Å². The van der Waals surface area contributed by atoms with Crippen molar-refractivity contribution in [3.8, 4) is 0 Å². The molecule has 1 N–H and O–H groups in total. The molecule has 3 rings (SSSR count). The van der Waals surface area contributed by atoms with Crippen molar-refractivity contribution >= 4 is 17.6 Å². The predicted molar refractivity (Wildman–Crippen MR) is 92.9 cm³/mol. The molecule has 4 heteroatoms. The summed E-state index contributed by atoms with van der Waals surface area (Å²) in [5, 5.41) is 2.80. The first-order chi connectivity index (χ1) is 11.5. The van der Waals surface area contributed by atoms with Gasteiger partial charge in [0, 0.05) is 5.69 Å². The molecular formula is C20H21NO3. The Balaban J connectivity index is 1.59. The van der Waals surface area contributed by atoms with E-state index in [4.69, 9.17) is 4.74 Å². The lowest BCUT2D eigenvalue weighted by molar-refractivity contribution is -0.150. The maximum Gasteiger partial charge on any atom is 0.317 e. The van der Waals surface area contributed by atoms with Crippen LogP contribution in [0, 0.1) is 13.8 Å². The molecule has 0 aliphatic heterocycles. The third kappa shape index (κ3) is 3.18. The number of aryl methyl sites for hydroxylation is 1. The summed E-state index contributed by atoms with van der Waals surface area (Å²) in [4.78, 5) is 24.5. The molecule has 1 aliphatic carbocycles. The summed E-state index contributed by atoms with van der Waals surface area (Å²) in [6.07, 6.45) is 1.54. The van der Waals surface area contributed by atoms with E-state index < -0.39 is 5.41 Å². The van der Waals surface area contributed by atoms with E-state index in [-0.39, 0.29) is 18.5 Å². The molecule has 0 spiro atoms. The van der Waals surface area contributed by atoms with Crippen LogP contribution in [0.2, 0.25) is 0 Å². The van der Waals surface area contributed by atoms with Gasteiger partial charge < -0.3 is 10.1 Å². The second-order valence-electron chi connectivity index (χ2n) is 6.32. The first-order valence-corrected chi connectivity index (χ1v) is 8.12. The summed E-state index contributed by atoms with van der Waals surface area (Å²) >= 11 is 0. The number of rotatable bonds is 5. The minimum Gasteiger partial charge on any atom is -0.455 e. The third-order valence-electron chi connectivity index (χ3n) is 4.68. The zero-order chi connectivity index (χ0) is 17.2. The van der Waals surface area contributed by atoms with Crippen LogP contribution in [0.25, 0.3) is 0 Å². The van der Waals surface area contributed by atoms with E-state index in [2.05, 4.69) is 5.32 Å². The molecule has 0 saturated heterocycles. The Morgan fingerprint density at radius 3 is 2.42 bits per heavy atom. The topological polar surface area (TPSA) is 55.4 Å². The lowest BCUT2D eigenvalue weighted by Crippen LogP contribution is -2.28. The standard InChI is InChI=1S/C20H21NO3/c1-14-7-6-10-17(15(14)2)21-18(22)13-24-19(23)20(11-12-20)16-8-4-3-5-9-16/h3-10H,11-13H2,1-2H3,(H,21,22). The van der Waals surface area contributed by atoms with Crippen LogP contribution in [-0.2, 0) is 19.7 Å². The van der Waals surface area contributed by atoms with Crippen molar-refractivity contribution in [3.63, 3.8) is 0 Å². The minimum absolute atomic E-state index is 0.263. The third-order valence-corrected chi connectivity index (χ3v) is 4.68. The smallest absolute Gasteiger partial charge is 0.317 e. The normalized spacial score (nSPS) is 14.8. The number of esters is 1. The summed E-state index contributed by atoms with van der Waals surface area (Å²) in [6, 6.07) is 15.3. The van der Waals surface area contributed by atoms with Crippen LogP contribution in [0.4, 0.5) is 5.69 Å². The van der Waals surface area contributed by atoms with Crippen LogP contribution in [0.5, 0.6) is 0 Å². The number of ether oxygens (including phenoxy) is 1. The number of carbonyl (C=O) groups excluding carboxylic acids is 2. The second-order valence-corrected chi connectivity index (χ2v) is 6.32. The fourth-order valence-corrected chi connectivity index (χ4v) is 2.83. The summed E-state index contributed by atoms with van der Waals surface area (Å²) < 4.78 is 5.28. The van der Waals surface area contributed by atoms with Crippen molar-refractivity contribution in [2.75, 3.05) is 11.9 Å². The van der Waals surface area contributed by atoms with Gasteiger partial charge in [0.2, 0.25) is 0 Å². The number of amides is 1. The Labute approximate surface area is 141 Å². The van der Waals surface area contributed by atoms with Gasteiger partial charge in [-0.15, -0.1) is 0 Å². The predicted octanol–water partition coefficient (Wildman–Crippen LogP) is 3.52. The molecule has 1 saturated carbocycles. The highest BCUT2D eigenvalue weighted by atomic mass is 16.5. The zero-order valence-corrected chi connectivity index (χ0v) is 14.0. The van der Waals surface area contributed by atoms with Crippen molar-refractivity contribution in [1.82, 2.24) is 0 Å². The first kappa shape index (κ1) is 16.2. The zero-order valence-electron chi connectivity index (χ0n) is 14.0. The average Bonchev–Trinajstić information content (AvgIpc) is 3.40. The number of hydrogen-bond donors (Lipinski definition) is 1. The van der Waals surface area contributed by atoms with Crippen LogP contribution in [0.1, 0.15) is 29.5 Å². The maximum absolute atomic E-state index is 12.4. The van der Waals surface area contributed by atoms with Crippen molar-refractivity contribution in [3.05, 3.63) is 65.2 Å². The molecule has 2 aromatic carbocycles. The Hall–Kier alpha value is -2.62. The van der Waals surface area contributed by atoms with E-state index in [0.29, 0.717) is 0 Å². The molecule has 0 aromatic heterocycles. The van der Waals surface area contributed by atoms with Crippen LogP contribution in [-0.4, -0.2) is 18.5 Å². The Bertz CT molecular complexity index is 764. The van der Waals surface area contributed by atoms with Gasteiger partial charge in [-0.2, -0.15) is 0 Å². The summed E-state index contributed by atoms with van der Waals surface area (Å²) in [6.45, 7) is 3.67. The number of carbonyl (C=O) groups is 2. The molecule has 0 heterocycles. The Morgan fingerprint density at radius 1 is 1.04 bits per heavy atom. The largest absolute Gasteiger partial charge is 0.455 e. The van der Waals surface area contributed by atoms with Crippen molar-refractivity contribution in [2.24, 2.45) is 0 Å². The van der Waals surface area contributed by atoms with E-state index in [1.807, 2.05) is 62.4 Å². The van der Waals surface area contributed by atoms with Crippen LogP contribution >= 0.6 is 0 Å². The molecule has 124 valence electrons. The van der Waals surface area contributed by atoms with Gasteiger partial charge in [-0.25, -0.2) is 0 Å². The highest BCUT2D eigenvalue weighted by Gasteiger charge is 2.52. The van der Waals surface area contributed by atoms with Gasteiger partial charge in [-0.1, -0.05) is 42.5 Å². The molecule has 1 fully saturated rings. The highest BCUT2D eigenvalue weighted by Crippen LogP contribution is 2.49. The van der Waals surface area contributed by atoms with Gasteiger partial charge >= 0.3 is 5.97 Å². The van der Waals surface area contributed by atoms with E-state index in [1.54, 1.807) is 0 Å². The maximum atomic E-state index is 12.4. The molecule has 1 aliphatic rings. The number of anilines is 1. The molecule has 0 bridgehead atoms. The van der Waals surface area contributed by atoms with Gasteiger partial charge in [0.25, 0.3) is 5.91 Å². The van der Waals surface area contributed by atoms with Crippen LogP contribution < -0.4 is 5.32 Å². The number of benzene rings is 2. The number of hydrogen-bond acceptors (Lipinski definition) is 3. The quantitative estimate of drug-likeness (QED) is 0.857. The Kier molecular flexibility index (Phi) is 4.38. The minimum atomic E-state index is -0.555. The van der Waals surface area contributed by atoms with Crippen molar-refractivity contribution < 1.29 is 14.3 Å². The average molecular weight is 323 g/mol. The van der Waals surface area contributed by atoms with Crippen molar-refractivity contribution in [1.29, 1.82) is 0 Å². The monoisotopic (exact) mass is 323 g/mol. The van der Waals surface area contributed by atoms with E-state index in [9.17, 15) is 9.59 Å². The molecule has 24 heavy (non-hydrogen) atoms. The molecule has 0 atom stereocenters. The van der Waals surface area contributed by atoms with Gasteiger partial charge in [0.1, 0.15) is 0 Å². The van der Waals surface area contributed by atoms with E-state index in [0.717, 1.165) is 35.2 Å². The van der Waals surface area contributed by atoms with Gasteiger partial charge in [-0.3, -0.25) is 9.59 Å². The van der Waals surface area contributed by atoms with Gasteiger partial charge in [-0.05, 0) is 49.4 Å². The number of nitrogens with one attached hydrogen (secondary N) is 1. The summed E-state index contributed by atoms with van der Waals surface area (Å²) in [5.74, 6) is -0.634. The molecular weight excluding hydrogens is 302 g/mol. The second kappa shape index (κ2) is 6.48. The lowest BCUT2D eigenvalue weighted by Gasteiger charge is -2.15. The lowest BCUT2D eigenvalue weighted by atomic mass is 9.96. The van der Waals surface area contributed by atoms with Gasteiger partial charge in [0.15, 0.2) is 6.61 Å². The molecule has 2 aromatic rings. The SMILES string of the molecule is Cc1cccc(NC(=O)COC(=O)C2(c3ccccc3)CC2)c1C. The van der Waals surface area contributed by atoms with E-state index >= 15 is 0 Å². The van der Waals surface area contributed by atoms with E-state index in [1.165, 1.54) is 0 Å². The van der Waals surface area contributed by atoms with Crippen molar-refractivity contribution in [2.45, 2.75) is 32.1 Å². The fraction of sp³-hybridized carbons (Fsp3) is 0.300. The molecule has 0 radical (unpaired) electrons.